The van der Waals surface area contributed by atoms with Crippen LogP contribution in [0, 0.1) is 6.92 Å². The van der Waals surface area contributed by atoms with E-state index in [4.69, 9.17) is 4.74 Å². The molecule has 154 valence electrons. The summed E-state index contributed by atoms with van der Waals surface area (Å²) in [5, 5.41) is 16.4. The molecule has 3 rings (SSSR count). The number of rotatable bonds is 5. The van der Waals surface area contributed by atoms with Crippen molar-refractivity contribution in [1.29, 1.82) is 0 Å². The van der Waals surface area contributed by atoms with E-state index in [0.29, 0.717) is 16.5 Å². The van der Waals surface area contributed by atoms with Gasteiger partial charge in [0.1, 0.15) is 18.0 Å². The van der Waals surface area contributed by atoms with E-state index in [1.165, 1.54) is 13.2 Å². The highest BCUT2D eigenvalue weighted by atomic mass is 16.6. The molecule has 0 aliphatic rings. The Bertz CT molecular complexity index is 1130. The molecule has 0 aliphatic heterocycles. The normalized spacial score (nSPS) is 10.3. The number of esters is 1. The summed E-state index contributed by atoms with van der Waals surface area (Å²) in [6.45, 7) is 1.47. The topological polar surface area (TPSA) is 114 Å². The number of phenolic OH excluding ortho intramolecular Hbond substituents is 1. The van der Waals surface area contributed by atoms with Gasteiger partial charge < -0.3 is 25.2 Å². The minimum Gasteiger partial charge on any atom is -0.506 e. The van der Waals surface area contributed by atoms with Crippen LogP contribution in [0.5, 0.6) is 11.5 Å². The number of carbonyl (C=O) groups is 3. The summed E-state index contributed by atoms with van der Waals surface area (Å²) in [5.41, 5.74) is 1.38. The van der Waals surface area contributed by atoms with Crippen LogP contribution in [0.3, 0.4) is 0 Å². The van der Waals surface area contributed by atoms with Crippen LogP contribution in [0.4, 0.5) is 10.5 Å². The number of para-hydroxylation sites is 1. The fourth-order valence-electron chi connectivity index (χ4n) is 2.84. The molecule has 8 nitrogen and oxygen atoms in total. The molecule has 8 heteroatoms. The summed E-state index contributed by atoms with van der Waals surface area (Å²) in [5.74, 6) is -1.38. The van der Waals surface area contributed by atoms with Crippen LogP contribution in [0.1, 0.15) is 15.9 Å². The summed E-state index contributed by atoms with van der Waals surface area (Å²) in [6.07, 6.45) is -0.901. The number of anilines is 1. The van der Waals surface area contributed by atoms with Crippen molar-refractivity contribution >= 4 is 34.4 Å². The lowest BCUT2D eigenvalue weighted by molar-refractivity contribution is -0.139. The molecular formula is C22H20N2O6. The molecule has 0 heterocycles. The zero-order valence-corrected chi connectivity index (χ0v) is 16.4. The highest BCUT2D eigenvalue weighted by Gasteiger charge is 2.20. The van der Waals surface area contributed by atoms with Crippen LogP contribution in [0.25, 0.3) is 10.8 Å². The number of aryl methyl sites for hydroxylation is 1. The number of methoxy groups -OCH3 is 1. The number of carbonyl (C=O) groups excluding carboxylic acids is 3. The molecule has 0 spiro atoms. The number of amides is 2. The Kier molecular flexibility index (Phi) is 6.17. The Morgan fingerprint density at radius 3 is 2.37 bits per heavy atom. The monoisotopic (exact) mass is 408 g/mol. The van der Waals surface area contributed by atoms with Crippen molar-refractivity contribution in [2.75, 3.05) is 19.0 Å². The van der Waals surface area contributed by atoms with Gasteiger partial charge in [0.15, 0.2) is 0 Å². The summed E-state index contributed by atoms with van der Waals surface area (Å²) >= 11 is 0. The van der Waals surface area contributed by atoms with Crippen LogP contribution >= 0.6 is 0 Å². The molecule has 2 amide bonds. The molecule has 30 heavy (non-hydrogen) atoms. The molecule has 0 saturated carbocycles. The van der Waals surface area contributed by atoms with Gasteiger partial charge in [0.2, 0.25) is 0 Å². The molecule has 0 saturated heterocycles. The van der Waals surface area contributed by atoms with Gasteiger partial charge >= 0.3 is 12.1 Å². The number of hydrogen-bond acceptors (Lipinski definition) is 6. The van der Waals surface area contributed by atoms with E-state index in [-0.39, 0.29) is 23.6 Å². The first-order valence-electron chi connectivity index (χ1n) is 9.05. The molecular weight excluding hydrogens is 388 g/mol. The minimum absolute atomic E-state index is 0.0562. The van der Waals surface area contributed by atoms with Gasteiger partial charge in [-0.05, 0) is 24.6 Å². The number of benzene rings is 3. The Morgan fingerprint density at radius 2 is 1.67 bits per heavy atom. The van der Waals surface area contributed by atoms with Gasteiger partial charge in [-0.2, -0.15) is 0 Å². The van der Waals surface area contributed by atoms with Crippen LogP contribution < -0.4 is 15.4 Å². The van der Waals surface area contributed by atoms with Gasteiger partial charge in [-0.15, -0.1) is 0 Å². The second kappa shape index (κ2) is 8.95. The Balaban J connectivity index is 1.94. The van der Waals surface area contributed by atoms with Crippen molar-refractivity contribution in [3.63, 3.8) is 0 Å². The van der Waals surface area contributed by atoms with Crippen LogP contribution in [-0.4, -0.2) is 36.7 Å². The Hall–Kier alpha value is -4.07. The number of hydrogen-bond donors (Lipinski definition) is 3. The highest BCUT2D eigenvalue weighted by Crippen LogP contribution is 2.36. The van der Waals surface area contributed by atoms with E-state index in [0.717, 1.165) is 5.56 Å². The molecule has 0 atom stereocenters. The first-order chi connectivity index (χ1) is 14.4. The van der Waals surface area contributed by atoms with Gasteiger partial charge in [0.05, 0.1) is 12.7 Å². The molecule has 3 aromatic rings. The van der Waals surface area contributed by atoms with Crippen molar-refractivity contribution in [2.45, 2.75) is 6.92 Å². The average molecular weight is 408 g/mol. The number of aromatic hydroxyl groups is 1. The molecule has 0 aromatic heterocycles. The number of nitrogens with one attached hydrogen (secondary N) is 2. The van der Waals surface area contributed by atoms with Crippen LogP contribution in [0.15, 0.2) is 54.6 Å². The van der Waals surface area contributed by atoms with Crippen LogP contribution in [0.2, 0.25) is 0 Å². The molecule has 0 fully saturated rings. The summed E-state index contributed by atoms with van der Waals surface area (Å²) in [4.78, 5) is 36.1. The third kappa shape index (κ3) is 4.49. The molecule has 0 aliphatic carbocycles. The molecule has 0 radical (unpaired) electrons. The lowest BCUT2D eigenvalue weighted by atomic mass is 10.0. The van der Waals surface area contributed by atoms with E-state index in [1.54, 1.807) is 36.4 Å². The van der Waals surface area contributed by atoms with Crippen molar-refractivity contribution in [3.8, 4) is 11.5 Å². The second-order valence-corrected chi connectivity index (χ2v) is 6.40. The maximum absolute atomic E-state index is 12.8. The first kappa shape index (κ1) is 20.7. The fourth-order valence-corrected chi connectivity index (χ4v) is 2.84. The summed E-state index contributed by atoms with van der Waals surface area (Å²) in [6, 6.07) is 15.1. The van der Waals surface area contributed by atoms with E-state index < -0.39 is 18.0 Å². The minimum atomic E-state index is -0.901. The SMILES string of the molecule is COC(=O)CNC(=O)Oc1cc(C(=O)Nc2ccccc2C)c(O)c2ccccc12. The second-order valence-electron chi connectivity index (χ2n) is 6.40. The summed E-state index contributed by atoms with van der Waals surface area (Å²) in [7, 11) is 1.20. The average Bonchev–Trinajstić information content (AvgIpc) is 2.75. The molecule has 0 unspecified atom stereocenters. The van der Waals surface area contributed by atoms with Crippen molar-refractivity contribution in [3.05, 3.63) is 65.7 Å². The molecule has 3 N–H and O–H groups in total. The van der Waals surface area contributed by atoms with E-state index in [1.807, 2.05) is 19.1 Å². The predicted molar refractivity (Wildman–Crippen MR) is 111 cm³/mol. The van der Waals surface area contributed by atoms with E-state index >= 15 is 0 Å². The third-order valence-corrected chi connectivity index (χ3v) is 4.42. The standard InChI is InChI=1S/C22H20N2O6/c1-13-7-3-6-10-17(13)24-21(27)16-11-18(30-22(28)23-12-19(25)29-2)14-8-4-5-9-15(14)20(16)26/h3-11,26H,12H2,1-2H3,(H,23,28)(H,24,27). The fraction of sp³-hybridized carbons (Fsp3) is 0.136. The van der Waals surface area contributed by atoms with Crippen LogP contribution in [-0.2, 0) is 9.53 Å². The molecule has 3 aromatic carbocycles. The third-order valence-electron chi connectivity index (χ3n) is 4.42. The van der Waals surface area contributed by atoms with E-state index in [9.17, 15) is 19.5 Å². The Labute approximate surface area is 172 Å². The summed E-state index contributed by atoms with van der Waals surface area (Å²) < 4.78 is 9.75. The van der Waals surface area contributed by atoms with Gasteiger partial charge in [0, 0.05) is 16.5 Å². The first-order valence-corrected chi connectivity index (χ1v) is 9.05. The van der Waals surface area contributed by atoms with Gasteiger partial charge in [0.25, 0.3) is 5.91 Å². The Morgan fingerprint density at radius 1 is 1.00 bits per heavy atom. The zero-order valence-electron chi connectivity index (χ0n) is 16.4. The zero-order chi connectivity index (χ0) is 21.7. The number of fused-ring (bicyclic) bond motifs is 1. The maximum atomic E-state index is 12.8. The lowest BCUT2D eigenvalue weighted by Crippen LogP contribution is -2.32. The predicted octanol–water partition coefficient (Wildman–Crippen LogP) is 3.37. The van der Waals surface area contributed by atoms with Gasteiger partial charge in [-0.25, -0.2) is 4.79 Å². The number of ether oxygens (including phenoxy) is 2. The van der Waals surface area contributed by atoms with Gasteiger partial charge in [-0.1, -0.05) is 42.5 Å². The van der Waals surface area contributed by atoms with E-state index in [2.05, 4.69) is 15.4 Å². The number of phenols is 1. The quantitative estimate of drug-likeness (QED) is 0.558. The van der Waals surface area contributed by atoms with Crippen molar-refractivity contribution in [2.24, 2.45) is 0 Å². The molecule has 0 bridgehead atoms. The maximum Gasteiger partial charge on any atom is 0.413 e. The highest BCUT2D eigenvalue weighted by molar-refractivity contribution is 6.11. The lowest BCUT2D eigenvalue weighted by Gasteiger charge is -2.14. The van der Waals surface area contributed by atoms with Crippen molar-refractivity contribution in [1.82, 2.24) is 5.32 Å². The largest absolute Gasteiger partial charge is 0.506 e. The smallest absolute Gasteiger partial charge is 0.413 e. The van der Waals surface area contributed by atoms with Crippen molar-refractivity contribution < 1.29 is 29.0 Å². The van der Waals surface area contributed by atoms with Gasteiger partial charge in [-0.3, -0.25) is 9.59 Å².